The van der Waals surface area contributed by atoms with Crippen LogP contribution in [0.2, 0.25) is 0 Å². The lowest BCUT2D eigenvalue weighted by atomic mass is 10.1. The molecule has 28 heavy (non-hydrogen) atoms. The van der Waals surface area contributed by atoms with E-state index in [0.717, 1.165) is 4.47 Å². The van der Waals surface area contributed by atoms with Crippen LogP contribution in [0, 0.1) is 11.3 Å². The Morgan fingerprint density at radius 3 is 2.50 bits per heavy atom. The summed E-state index contributed by atoms with van der Waals surface area (Å²) in [5.41, 5.74) is 1.18. The van der Waals surface area contributed by atoms with E-state index in [1.807, 2.05) is 13.0 Å². The summed E-state index contributed by atoms with van der Waals surface area (Å²) in [4.78, 5) is 12.5. The molecule has 2 aromatic rings. The molecule has 2 rings (SSSR count). The zero-order chi connectivity index (χ0) is 20.5. The number of amides is 1. The van der Waals surface area contributed by atoms with Crippen LogP contribution in [-0.2, 0) is 4.79 Å². The molecule has 0 bridgehead atoms. The molecular weight excluding hydrogens is 488 g/mol. The number of ether oxygens (including phenoxy) is 2. The SMILES string of the molecule is C=CCOc1cc(Br)c(/C=C(\C#N)C(=O)Nc2ccc(Br)cc2)cc1OCC. The predicted octanol–water partition coefficient (Wildman–Crippen LogP) is 5.72. The molecule has 7 heteroatoms. The van der Waals surface area contributed by atoms with Crippen molar-refractivity contribution in [3.05, 3.63) is 69.1 Å². The van der Waals surface area contributed by atoms with E-state index in [-0.39, 0.29) is 5.57 Å². The smallest absolute Gasteiger partial charge is 0.266 e. The maximum Gasteiger partial charge on any atom is 0.266 e. The molecule has 0 aliphatic rings. The van der Waals surface area contributed by atoms with Crippen molar-refractivity contribution in [1.29, 1.82) is 5.26 Å². The van der Waals surface area contributed by atoms with Crippen LogP contribution in [0.5, 0.6) is 11.5 Å². The maximum atomic E-state index is 12.5. The minimum absolute atomic E-state index is 0.0363. The lowest BCUT2D eigenvalue weighted by Gasteiger charge is -2.13. The molecule has 0 fully saturated rings. The number of carbonyl (C=O) groups excluding carboxylic acids is 1. The van der Waals surface area contributed by atoms with Crippen LogP contribution >= 0.6 is 31.9 Å². The van der Waals surface area contributed by atoms with Gasteiger partial charge in [0.15, 0.2) is 11.5 Å². The number of carbonyl (C=O) groups is 1. The second-order valence-corrected chi connectivity index (χ2v) is 7.25. The van der Waals surface area contributed by atoms with E-state index in [9.17, 15) is 10.1 Å². The van der Waals surface area contributed by atoms with Crippen LogP contribution in [-0.4, -0.2) is 19.1 Å². The minimum Gasteiger partial charge on any atom is -0.490 e. The van der Waals surface area contributed by atoms with Crippen molar-refractivity contribution < 1.29 is 14.3 Å². The summed E-state index contributed by atoms with van der Waals surface area (Å²) in [7, 11) is 0. The molecule has 0 unspecified atom stereocenters. The van der Waals surface area contributed by atoms with Gasteiger partial charge in [0, 0.05) is 14.6 Å². The number of benzene rings is 2. The molecule has 0 aliphatic heterocycles. The van der Waals surface area contributed by atoms with Crippen LogP contribution in [0.3, 0.4) is 0 Å². The molecule has 0 aromatic heterocycles. The number of hydrogen-bond donors (Lipinski definition) is 1. The van der Waals surface area contributed by atoms with Gasteiger partial charge in [0.1, 0.15) is 18.2 Å². The average Bonchev–Trinajstić information content (AvgIpc) is 2.68. The van der Waals surface area contributed by atoms with E-state index in [1.165, 1.54) is 6.08 Å². The Morgan fingerprint density at radius 1 is 1.21 bits per heavy atom. The van der Waals surface area contributed by atoms with Crippen molar-refractivity contribution >= 4 is 49.5 Å². The van der Waals surface area contributed by atoms with E-state index < -0.39 is 5.91 Å². The van der Waals surface area contributed by atoms with Gasteiger partial charge in [0.25, 0.3) is 5.91 Å². The molecular formula is C21H18Br2N2O3. The number of rotatable bonds is 8. The molecule has 0 radical (unpaired) electrons. The molecule has 0 heterocycles. The highest BCUT2D eigenvalue weighted by molar-refractivity contribution is 9.10. The average molecular weight is 506 g/mol. The van der Waals surface area contributed by atoms with Gasteiger partial charge in [-0.1, -0.05) is 44.5 Å². The molecule has 0 spiro atoms. The van der Waals surface area contributed by atoms with Crippen LogP contribution in [0.25, 0.3) is 6.08 Å². The van der Waals surface area contributed by atoms with Gasteiger partial charge in [-0.2, -0.15) is 5.26 Å². The first-order valence-electron chi connectivity index (χ1n) is 8.37. The Hall–Kier alpha value is -2.56. The largest absolute Gasteiger partial charge is 0.490 e. The van der Waals surface area contributed by atoms with Crippen molar-refractivity contribution in [2.75, 3.05) is 18.5 Å². The summed E-state index contributed by atoms with van der Waals surface area (Å²) < 4.78 is 12.8. The van der Waals surface area contributed by atoms with Crippen molar-refractivity contribution in [2.24, 2.45) is 0 Å². The first-order valence-corrected chi connectivity index (χ1v) is 9.95. The Kier molecular flexibility index (Phi) is 8.30. The number of nitriles is 1. The van der Waals surface area contributed by atoms with Crippen LogP contribution in [0.15, 0.2) is 63.6 Å². The van der Waals surface area contributed by atoms with Gasteiger partial charge in [0.05, 0.1) is 6.61 Å². The Labute approximate surface area is 180 Å². The van der Waals surface area contributed by atoms with Gasteiger partial charge >= 0.3 is 0 Å². The number of halogens is 2. The summed E-state index contributed by atoms with van der Waals surface area (Å²) in [5, 5.41) is 12.2. The number of hydrogen-bond acceptors (Lipinski definition) is 4. The second kappa shape index (κ2) is 10.7. The summed E-state index contributed by atoms with van der Waals surface area (Å²) in [6.07, 6.45) is 3.13. The highest BCUT2D eigenvalue weighted by Gasteiger charge is 2.14. The molecule has 144 valence electrons. The van der Waals surface area contributed by atoms with E-state index in [4.69, 9.17) is 9.47 Å². The Balaban J connectivity index is 2.32. The van der Waals surface area contributed by atoms with Gasteiger partial charge in [-0.15, -0.1) is 0 Å². The van der Waals surface area contributed by atoms with Crippen LogP contribution < -0.4 is 14.8 Å². The third-order valence-electron chi connectivity index (χ3n) is 3.49. The fraction of sp³-hybridized carbons (Fsp3) is 0.143. The third kappa shape index (κ3) is 5.98. The van der Waals surface area contributed by atoms with E-state index in [0.29, 0.717) is 40.4 Å². The lowest BCUT2D eigenvalue weighted by molar-refractivity contribution is -0.112. The number of nitrogens with one attached hydrogen (secondary N) is 1. The highest BCUT2D eigenvalue weighted by atomic mass is 79.9. The molecule has 2 aromatic carbocycles. The molecule has 0 atom stereocenters. The fourth-order valence-corrected chi connectivity index (χ4v) is 2.93. The maximum absolute atomic E-state index is 12.5. The predicted molar refractivity (Wildman–Crippen MR) is 117 cm³/mol. The normalized spacial score (nSPS) is 10.7. The quantitative estimate of drug-likeness (QED) is 0.283. The zero-order valence-corrected chi connectivity index (χ0v) is 18.3. The lowest BCUT2D eigenvalue weighted by Crippen LogP contribution is -2.13. The molecule has 0 saturated heterocycles. The fourth-order valence-electron chi connectivity index (χ4n) is 2.23. The third-order valence-corrected chi connectivity index (χ3v) is 4.70. The highest BCUT2D eigenvalue weighted by Crippen LogP contribution is 2.35. The van der Waals surface area contributed by atoms with Crippen LogP contribution in [0.4, 0.5) is 5.69 Å². The topological polar surface area (TPSA) is 71.3 Å². The summed E-state index contributed by atoms with van der Waals surface area (Å²) in [6, 6.07) is 12.5. The summed E-state index contributed by atoms with van der Waals surface area (Å²) >= 11 is 6.79. The van der Waals surface area contributed by atoms with E-state index in [1.54, 1.807) is 42.5 Å². The van der Waals surface area contributed by atoms with Crippen molar-refractivity contribution in [3.63, 3.8) is 0 Å². The van der Waals surface area contributed by atoms with Gasteiger partial charge in [-0.3, -0.25) is 4.79 Å². The molecule has 1 amide bonds. The zero-order valence-electron chi connectivity index (χ0n) is 15.2. The monoisotopic (exact) mass is 504 g/mol. The second-order valence-electron chi connectivity index (χ2n) is 5.48. The first kappa shape index (κ1) is 21.7. The van der Waals surface area contributed by atoms with Gasteiger partial charge in [0.2, 0.25) is 0 Å². The van der Waals surface area contributed by atoms with E-state index in [2.05, 4.69) is 43.8 Å². The van der Waals surface area contributed by atoms with Gasteiger partial charge in [-0.05, 0) is 55.0 Å². The van der Waals surface area contributed by atoms with Crippen molar-refractivity contribution in [2.45, 2.75) is 6.92 Å². The van der Waals surface area contributed by atoms with E-state index >= 15 is 0 Å². The Morgan fingerprint density at radius 2 is 1.89 bits per heavy atom. The van der Waals surface area contributed by atoms with Gasteiger partial charge < -0.3 is 14.8 Å². The van der Waals surface area contributed by atoms with Crippen molar-refractivity contribution in [1.82, 2.24) is 0 Å². The summed E-state index contributed by atoms with van der Waals surface area (Å²) in [5.74, 6) is 0.565. The minimum atomic E-state index is -0.498. The van der Waals surface area contributed by atoms with Crippen LogP contribution in [0.1, 0.15) is 12.5 Å². The Bertz CT molecular complexity index is 932. The number of anilines is 1. The van der Waals surface area contributed by atoms with Gasteiger partial charge in [-0.25, -0.2) is 0 Å². The first-order chi connectivity index (χ1) is 13.5. The standard InChI is InChI=1S/C21H18Br2N2O3/c1-3-9-28-20-12-18(23)14(11-19(20)27-4-2)10-15(13-24)21(26)25-17-7-5-16(22)6-8-17/h3,5-8,10-12H,1,4,9H2,2H3,(H,25,26)/b15-10+. The summed E-state index contributed by atoms with van der Waals surface area (Å²) in [6.45, 7) is 6.28. The molecule has 1 N–H and O–H groups in total. The molecule has 0 aliphatic carbocycles. The molecule has 0 saturated carbocycles. The van der Waals surface area contributed by atoms with Crippen molar-refractivity contribution in [3.8, 4) is 17.6 Å². The molecule has 5 nitrogen and oxygen atoms in total. The number of nitrogens with zero attached hydrogens (tertiary/aromatic N) is 1.